The summed E-state index contributed by atoms with van der Waals surface area (Å²) in [7, 11) is 0. The second kappa shape index (κ2) is 6.19. The van der Waals surface area contributed by atoms with E-state index in [1.54, 1.807) is 18.2 Å². The van der Waals surface area contributed by atoms with Crippen LogP contribution in [0.5, 0.6) is 0 Å². The van der Waals surface area contributed by atoms with Crippen molar-refractivity contribution in [2.45, 2.75) is 26.7 Å². The van der Waals surface area contributed by atoms with Gasteiger partial charge in [-0.05, 0) is 30.5 Å². The lowest BCUT2D eigenvalue weighted by atomic mass is 10.1. The van der Waals surface area contributed by atoms with Crippen molar-refractivity contribution < 1.29 is 9.59 Å². The lowest BCUT2D eigenvalue weighted by Gasteiger charge is -2.10. The Kier molecular flexibility index (Phi) is 4.51. The summed E-state index contributed by atoms with van der Waals surface area (Å²) < 4.78 is 0. The van der Waals surface area contributed by atoms with Gasteiger partial charge in [0.25, 0.3) is 11.8 Å². The number of nitrogens with two attached hydrogens (primary N) is 1. The fourth-order valence-electron chi connectivity index (χ4n) is 2.06. The fraction of sp³-hybridized carbons (Fsp3) is 0.267. The molecule has 0 bridgehead atoms. The summed E-state index contributed by atoms with van der Waals surface area (Å²) >= 11 is 6.09. The van der Waals surface area contributed by atoms with E-state index in [1.165, 1.54) is 0 Å². The van der Waals surface area contributed by atoms with Gasteiger partial charge in [0.2, 0.25) is 0 Å². The summed E-state index contributed by atoms with van der Waals surface area (Å²) in [6.45, 7) is 5.70. The molecule has 6 nitrogen and oxygen atoms in total. The number of hydrogen-bond acceptors (Lipinski definition) is 3. The standard InChI is InChI=1S/C15H17ClN4O2/c1-7(2)11-12(13(14(17)21)20-19-11)18-15(22)9-5-4-8(3)6-10(9)16/h4-7H,1-3H3,(H2,17,21)(H,18,22)(H,19,20). The third-order valence-electron chi connectivity index (χ3n) is 3.21. The number of carbonyl (C=O) groups excluding carboxylic acids is 2. The largest absolute Gasteiger partial charge is 0.364 e. The van der Waals surface area contributed by atoms with Gasteiger partial charge in [0.05, 0.1) is 22.0 Å². The molecule has 0 saturated carbocycles. The average Bonchev–Trinajstić information content (AvgIpc) is 2.82. The molecule has 0 unspecified atom stereocenters. The summed E-state index contributed by atoms with van der Waals surface area (Å²) in [4.78, 5) is 23.9. The number of aromatic amines is 1. The summed E-state index contributed by atoms with van der Waals surface area (Å²) in [5.74, 6) is -1.10. The van der Waals surface area contributed by atoms with Crippen molar-refractivity contribution in [3.05, 3.63) is 45.7 Å². The average molecular weight is 321 g/mol. The number of carbonyl (C=O) groups is 2. The highest BCUT2D eigenvalue weighted by atomic mass is 35.5. The minimum atomic E-state index is -0.714. The summed E-state index contributed by atoms with van der Waals surface area (Å²) in [5.41, 5.74) is 7.49. The number of benzene rings is 1. The van der Waals surface area contributed by atoms with Gasteiger partial charge in [-0.3, -0.25) is 14.7 Å². The molecule has 2 amide bonds. The molecule has 0 spiro atoms. The number of primary amides is 1. The molecule has 0 aliphatic carbocycles. The Hall–Kier alpha value is -2.34. The van der Waals surface area contributed by atoms with E-state index < -0.39 is 11.8 Å². The van der Waals surface area contributed by atoms with Crippen LogP contribution < -0.4 is 11.1 Å². The summed E-state index contributed by atoms with van der Waals surface area (Å²) in [5, 5.41) is 9.63. The Morgan fingerprint density at radius 2 is 2.05 bits per heavy atom. The first-order chi connectivity index (χ1) is 10.3. The van der Waals surface area contributed by atoms with E-state index in [-0.39, 0.29) is 11.6 Å². The van der Waals surface area contributed by atoms with E-state index in [1.807, 2.05) is 20.8 Å². The quantitative estimate of drug-likeness (QED) is 0.807. The highest BCUT2D eigenvalue weighted by molar-refractivity contribution is 6.34. The van der Waals surface area contributed by atoms with Crippen molar-refractivity contribution in [1.82, 2.24) is 10.2 Å². The maximum absolute atomic E-state index is 12.4. The molecule has 4 N–H and O–H groups in total. The Labute approximate surface area is 133 Å². The van der Waals surface area contributed by atoms with Gasteiger partial charge in [-0.1, -0.05) is 31.5 Å². The van der Waals surface area contributed by atoms with Crippen molar-refractivity contribution in [2.24, 2.45) is 5.73 Å². The van der Waals surface area contributed by atoms with E-state index in [2.05, 4.69) is 15.5 Å². The van der Waals surface area contributed by atoms with Gasteiger partial charge in [-0.2, -0.15) is 5.10 Å². The van der Waals surface area contributed by atoms with E-state index >= 15 is 0 Å². The first-order valence-electron chi connectivity index (χ1n) is 6.76. The molecule has 0 atom stereocenters. The number of anilines is 1. The van der Waals surface area contributed by atoms with Gasteiger partial charge in [0.15, 0.2) is 5.69 Å². The van der Waals surface area contributed by atoms with E-state index in [4.69, 9.17) is 17.3 Å². The van der Waals surface area contributed by atoms with Crippen LogP contribution in [-0.2, 0) is 0 Å². The molecular formula is C15H17ClN4O2. The summed E-state index contributed by atoms with van der Waals surface area (Å²) in [6, 6.07) is 5.12. The molecule has 2 aromatic rings. The van der Waals surface area contributed by atoms with Crippen LogP contribution in [0.25, 0.3) is 0 Å². The minimum absolute atomic E-state index is 0.000263. The topological polar surface area (TPSA) is 101 Å². The Morgan fingerprint density at radius 1 is 1.36 bits per heavy atom. The SMILES string of the molecule is Cc1ccc(C(=O)Nc2c(C(N)=O)n[nH]c2C(C)C)c(Cl)c1. The van der Waals surface area contributed by atoms with Gasteiger partial charge in [-0.15, -0.1) is 0 Å². The molecule has 0 radical (unpaired) electrons. The first kappa shape index (κ1) is 16.0. The van der Waals surface area contributed by atoms with Crippen molar-refractivity contribution in [3.63, 3.8) is 0 Å². The molecular weight excluding hydrogens is 304 g/mol. The highest BCUT2D eigenvalue weighted by Crippen LogP contribution is 2.27. The number of aryl methyl sites for hydroxylation is 1. The van der Waals surface area contributed by atoms with Gasteiger partial charge < -0.3 is 11.1 Å². The summed E-state index contributed by atoms with van der Waals surface area (Å²) in [6.07, 6.45) is 0. The fourth-order valence-corrected chi connectivity index (χ4v) is 2.38. The van der Waals surface area contributed by atoms with Crippen LogP contribution in [0.3, 0.4) is 0 Å². The van der Waals surface area contributed by atoms with Crippen molar-refractivity contribution in [1.29, 1.82) is 0 Å². The molecule has 116 valence electrons. The molecule has 0 saturated heterocycles. The number of nitrogens with one attached hydrogen (secondary N) is 2. The number of hydrogen-bond donors (Lipinski definition) is 3. The van der Waals surface area contributed by atoms with Gasteiger partial charge in [-0.25, -0.2) is 0 Å². The van der Waals surface area contributed by atoms with Gasteiger partial charge >= 0.3 is 0 Å². The maximum atomic E-state index is 12.4. The Balaban J connectivity index is 2.39. The normalized spacial score (nSPS) is 10.8. The van der Waals surface area contributed by atoms with Crippen LogP contribution in [0.4, 0.5) is 5.69 Å². The molecule has 0 aliphatic heterocycles. The number of H-pyrrole nitrogens is 1. The zero-order valence-corrected chi connectivity index (χ0v) is 13.3. The third-order valence-corrected chi connectivity index (χ3v) is 3.53. The molecule has 1 heterocycles. The molecule has 0 fully saturated rings. The van der Waals surface area contributed by atoms with Crippen molar-refractivity contribution in [2.75, 3.05) is 5.32 Å². The van der Waals surface area contributed by atoms with Crippen molar-refractivity contribution in [3.8, 4) is 0 Å². The molecule has 22 heavy (non-hydrogen) atoms. The number of amides is 2. The van der Waals surface area contributed by atoms with Crippen LogP contribution >= 0.6 is 11.6 Å². The van der Waals surface area contributed by atoms with Crippen LogP contribution in [0.1, 0.15) is 51.9 Å². The van der Waals surface area contributed by atoms with Crippen LogP contribution in [0.2, 0.25) is 5.02 Å². The van der Waals surface area contributed by atoms with Crippen molar-refractivity contribution >= 4 is 29.1 Å². The second-order valence-electron chi connectivity index (χ2n) is 5.32. The lowest BCUT2D eigenvalue weighted by Crippen LogP contribution is -2.19. The smallest absolute Gasteiger partial charge is 0.271 e. The molecule has 1 aromatic carbocycles. The van der Waals surface area contributed by atoms with Gasteiger partial charge in [0, 0.05) is 0 Å². The highest BCUT2D eigenvalue weighted by Gasteiger charge is 2.22. The molecule has 0 aliphatic rings. The third kappa shape index (κ3) is 3.12. The molecule has 1 aromatic heterocycles. The molecule has 2 rings (SSSR count). The molecule has 7 heteroatoms. The lowest BCUT2D eigenvalue weighted by molar-refractivity contribution is 0.0996. The zero-order chi connectivity index (χ0) is 16.4. The Bertz CT molecular complexity index is 737. The number of nitrogens with zero attached hydrogens (tertiary/aromatic N) is 1. The minimum Gasteiger partial charge on any atom is -0.364 e. The zero-order valence-electron chi connectivity index (χ0n) is 12.5. The van der Waals surface area contributed by atoms with Gasteiger partial charge in [0.1, 0.15) is 0 Å². The Morgan fingerprint density at radius 3 is 2.59 bits per heavy atom. The monoisotopic (exact) mass is 320 g/mol. The predicted octanol–water partition coefficient (Wildman–Crippen LogP) is 2.85. The van der Waals surface area contributed by atoms with Crippen LogP contribution in [-0.4, -0.2) is 22.0 Å². The van der Waals surface area contributed by atoms with Crippen LogP contribution in [0, 0.1) is 6.92 Å². The van der Waals surface area contributed by atoms with E-state index in [9.17, 15) is 9.59 Å². The maximum Gasteiger partial charge on any atom is 0.271 e. The first-order valence-corrected chi connectivity index (χ1v) is 7.14. The van der Waals surface area contributed by atoms with E-state index in [0.29, 0.717) is 22.0 Å². The number of halogens is 1. The predicted molar refractivity (Wildman–Crippen MR) is 85.3 cm³/mol. The van der Waals surface area contributed by atoms with E-state index in [0.717, 1.165) is 5.56 Å². The van der Waals surface area contributed by atoms with Crippen LogP contribution in [0.15, 0.2) is 18.2 Å². The number of aromatic nitrogens is 2. The second-order valence-corrected chi connectivity index (χ2v) is 5.72. The number of rotatable bonds is 4.